The van der Waals surface area contributed by atoms with Crippen molar-refractivity contribution < 1.29 is 4.79 Å². The molecule has 2 aromatic heterocycles. The van der Waals surface area contributed by atoms with Crippen LogP contribution in [0.5, 0.6) is 0 Å². The van der Waals surface area contributed by atoms with Crippen LogP contribution in [0.4, 0.5) is 0 Å². The fraction of sp³-hybridized carbons (Fsp3) is 0.118. The van der Waals surface area contributed by atoms with E-state index >= 15 is 0 Å². The molecule has 3 aromatic rings. The van der Waals surface area contributed by atoms with Crippen LogP contribution in [0.1, 0.15) is 15.9 Å². The summed E-state index contributed by atoms with van der Waals surface area (Å²) in [7, 11) is 1.67. The van der Waals surface area contributed by atoms with Crippen LogP contribution in [0.2, 0.25) is 0 Å². The van der Waals surface area contributed by atoms with E-state index in [4.69, 9.17) is 0 Å². The minimum atomic E-state index is -0.362. The SMILES string of the molecule is CN(Cc1ccccc1Br)C(=O)c1cnc2ccccn2c1=O. The molecule has 116 valence electrons. The van der Waals surface area contributed by atoms with Crippen LogP contribution < -0.4 is 5.56 Å². The van der Waals surface area contributed by atoms with Crippen LogP contribution in [0.3, 0.4) is 0 Å². The van der Waals surface area contributed by atoms with Crippen molar-refractivity contribution >= 4 is 27.5 Å². The molecule has 0 saturated carbocycles. The van der Waals surface area contributed by atoms with E-state index in [1.807, 2.05) is 24.3 Å². The Morgan fingerprint density at radius 3 is 2.74 bits per heavy atom. The van der Waals surface area contributed by atoms with Crippen molar-refractivity contribution in [2.24, 2.45) is 0 Å². The summed E-state index contributed by atoms with van der Waals surface area (Å²) in [4.78, 5) is 30.7. The molecule has 1 amide bonds. The highest BCUT2D eigenvalue weighted by Gasteiger charge is 2.18. The summed E-state index contributed by atoms with van der Waals surface area (Å²) in [6.07, 6.45) is 2.95. The van der Waals surface area contributed by atoms with Gasteiger partial charge in [-0.15, -0.1) is 0 Å². The minimum absolute atomic E-state index is 0.0586. The molecule has 0 N–H and O–H groups in total. The quantitative estimate of drug-likeness (QED) is 0.711. The molecule has 0 aliphatic heterocycles. The molecule has 0 aliphatic carbocycles. The van der Waals surface area contributed by atoms with Crippen LogP contribution >= 0.6 is 15.9 Å². The number of aromatic nitrogens is 2. The maximum atomic E-state index is 12.6. The van der Waals surface area contributed by atoms with E-state index in [-0.39, 0.29) is 17.0 Å². The first-order valence-corrected chi connectivity index (χ1v) is 7.82. The minimum Gasteiger partial charge on any atom is -0.337 e. The van der Waals surface area contributed by atoms with Crippen molar-refractivity contribution in [2.45, 2.75) is 6.54 Å². The van der Waals surface area contributed by atoms with Gasteiger partial charge in [0.2, 0.25) is 0 Å². The first kappa shape index (κ1) is 15.4. The zero-order chi connectivity index (χ0) is 16.4. The third kappa shape index (κ3) is 3.03. The zero-order valence-corrected chi connectivity index (χ0v) is 14.0. The lowest BCUT2D eigenvalue weighted by atomic mass is 10.2. The Bertz CT molecular complexity index is 936. The van der Waals surface area contributed by atoms with Gasteiger partial charge in [0.1, 0.15) is 11.2 Å². The highest BCUT2D eigenvalue weighted by molar-refractivity contribution is 9.10. The molecular weight excluding hydrogens is 358 g/mol. The second-order valence-corrected chi connectivity index (χ2v) is 6.01. The molecule has 1 aromatic carbocycles. The van der Waals surface area contributed by atoms with Crippen molar-refractivity contribution in [3.8, 4) is 0 Å². The van der Waals surface area contributed by atoms with E-state index in [2.05, 4.69) is 20.9 Å². The van der Waals surface area contributed by atoms with Gasteiger partial charge in [-0.2, -0.15) is 0 Å². The number of halogens is 1. The average molecular weight is 372 g/mol. The zero-order valence-electron chi connectivity index (χ0n) is 12.4. The molecule has 0 atom stereocenters. The largest absolute Gasteiger partial charge is 0.337 e. The Kier molecular flexibility index (Phi) is 4.25. The Labute approximate surface area is 141 Å². The highest BCUT2D eigenvalue weighted by Crippen LogP contribution is 2.17. The van der Waals surface area contributed by atoms with Gasteiger partial charge in [-0.3, -0.25) is 14.0 Å². The lowest BCUT2D eigenvalue weighted by Gasteiger charge is -2.18. The highest BCUT2D eigenvalue weighted by atomic mass is 79.9. The molecule has 0 radical (unpaired) electrons. The molecule has 3 rings (SSSR count). The van der Waals surface area contributed by atoms with Crippen LogP contribution in [-0.2, 0) is 6.54 Å². The van der Waals surface area contributed by atoms with Crippen molar-refractivity contribution in [2.75, 3.05) is 7.05 Å². The standard InChI is InChI=1S/C17H14BrN3O2/c1-20(11-12-6-2-3-7-14(12)18)16(22)13-10-19-15-8-4-5-9-21(15)17(13)23/h2-10H,11H2,1H3. The lowest BCUT2D eigenvalue weighted by molar-refractivity contribution is 0.0782. The fourth-order valence-corrected chi connectivity index (χ4v) is 2.74. The average Bonchev–Trinajstić information content (AvgIpc) is 2.57. The number of amides is 1. The number of hydrogen-bond donors (Lipinski definition) is 0. The summed E-state index contributed by atoms with van der Waals surface area (Å²) in [6.45, 7) is 0.400. The Morgan fingerprint density at radius 1 is 1.22 bits per heavy atom. The van der Waals surface area contributed by atoms with Gasteiger partial charge in [-0.05, 0) is 23.8 Å². The molecule has 23 heavy (non-hydrogen) atoms. The number of pyridine rings is 1. The molecule has 6 heteroatoms. The summed E-state index contributed by atoms with van der Waals surface area (Å²) in [5.74, 6) is -0.350. The number of carbonyl (C=O) groups is 1. The Balaban J connectivity index is 1.92. The maximum absolute atomic E-state index is 12.6. The van der Waals surface area contributed by atoms with E-state index < -0.39 is 0 Å². The van der Waals surface area contributed by atoms with E-state index in [0.29, 0.717) is 12.2 Å². The van der Waals surface area contributed by atoms with Gasteiger partial charge in [0.25, 0.3) is 11.5 Å². The lowest BCUT2D eigenvalue weighted by Crippen LogP contribution is -2.33. The Hall–Kier alpha value is -2.47. The first-order valence-electron chi connectivity index (χ1n) is 7.03. The molecule has 0 spiro atoms. The summed E-state index contributed by atoms with van der Waals surface area (Å²) in [5.41, 5.74) is 1.18. The third-order valence-corrected chi connectivity index (χ3v) is 4.33. The number of fused-ring (bicyclic) bond motifs is 1. The molecule has 5 nitrogen and oxygen atoms in total. The fourth-order valence-electron chi connectivity index (χ4n) is 2.33. The van der Waals surface area contributed by atoms with Crippen molar-refractivity contribution in [3.63, 3.8) is 0 Å². The van der Waals surface area contributed by atoms with E-state index in [0.717, 1.165) is 10.0 Å². The summed E-state index contributed by atoms with van der Waals surface area (Å²) < 4.78 is 2.30. The van der Waals surface area contributed by atoms with E-state index in [1.54, 1.807) is 31.4 Å². The first-order chi connectivity index (χ1) is 11.1. The van der Waals surface area contributed by atoms with Gasteiger partial charge >= 0.3 is 0 Å². The van der Waals surface area contributed by atoms with Crippen LogP contribution in [0.25, 0.3) is 5.65 Å². The molecular formula is C17H14BrN3O2. The van der Waals surface area contributed by atoms with Gasteiger partial charge in [0.05, 0.1) is 0 Å². The van der Waals surface area contributed by atoms with Crippen molar-refractivity contribution in [1.82, 2.24) is 14.3 Å². The number of hydrogen-bond acceptors (Lipinski definition) is 3. The van der Waals surface area contributed by atoms with Crippen LogP contribution in [-0.4, -0.2) is 27.2 Å². The van der Waals surface area contributed by atoms with Gasteiger partial charge in [0, 0.05) is 30.5 Å². The third-order valence-electron chi connectivity index (χ3n) is 3.56. The maximum Gasteiger partial charge on any atom is 0.270 e. The summed E-state index contributed by atoms with van der Waals surface area (Å²) in [6, 6.07) is 12.9. The van der Waals surface area contributed by atoms with Crippen LogP contribution in [0, 0.1) is 0 Å². The summed E-state index contributed by atoms with van der Waals surface area (Å²) >= 11 is 3.46. The number of rotatable bonds is 3. The number of nitrogens with zero attached hydrogens (tertiary/aromatic N) is 3. The molecule has 0 fully saturated rings. The monoisotopic (exact) mass is 371 g/mol. The smallest absolute Gasteiger partial charge is 0.270 e. The topological polar surface area (TPSA) is 54.7 Å². The molecule has 0 bridgehead atoms. The van der Waals surface area contributed by atoms with Gasteiger partial charge in [0.15, 0.2) is 0 Å². The van der Waals surface area contributed by atoms with E-state index in [9.17, 15) is 9.59 Å². The second-order valence-electron chi connectivity index (χ2n) is 5.16. The predicted molar refractivity (Wildman–Crippen MR) is 91.4 cm³/mol. The Morgan fingerprint density at radius 2 is 1.96 bits per heavy atom. The van der Waals surface area contributed by atoms with Crippen molar-refractivity contribution in [1.29, 1.82) is 0 Å². The van der Waals surface area contributed by atoms with Gasteiger partial charge in [-0.25, -0.2) is 4.98 Å². The van der Waals surface area contributed by atoms with Gasteiger partial charge in [-0.1, -0.05) is 40.2 Å². The van der Waals surface area contributed by atoms with E-state index in [1.165, 1.54) is 15.5 Å². The second kappa shape index (κ2) is 6.34. The van der Waals surface area contributed by atoms with Crippen molar-refractivity contribution in [3.05, 3.63) is 80.8 Å². The van der Waals surface area contributed by atoms with Gasteiger partial charge < -0.3 is 4.90 Å². The predicted octanol–water partition coefficient (Wildman–Crippen LogP) is 2.73. The molecule has 0 saturated heterocycles. The molecule has 0 unspecified atom stereocenters. The number of carbonyl (C=O) groups excluding carboxylic acids is 1. The normalized spacial score (nSPS) is 10.7. The van der Waals surface area contributed by atoms with Crippen LogP contribution in [0.15, 0.2) is 64.1 Å². The summed E-state index contributed by atoms with van der Waals surface area (Å²) in [5, 5.41) is 0. The number of benzene rings is 1. The molecule has 2 heterocycles. The molecule has 0 aliphatic rings.